The number of aromatic nitrogens is 2. The summed E-state index contributed by atoms with van der Waals surface area (Å²) in [5.74, 6) is 0.734. The lowest BCUT2D eigenvalue weighted by atomic mass is 10.3. The van der Waals surface area contributed by atoms with Gasteiger partial charge < -0.3 is 4.42 Å². The lowest BCUT2D eigenvalue weighted by Crippen LogP contribution is -1.71. The maximum Gasteiger partial charge on any atom is 0.174 e. The zero-order valence-corrected chi connectivity index (χ0v) is 4.61. The third-order valence-corrected chi connectivity index (χ3v) is 1.12. The molecule has 0 saturated heterocycles. The summed E-state index contributed by atoms with van der Waals surface area (Å²) in [7, 11) is 0. The Hall–Kier alpha value is -1.38. The van der Waals surface area contributed by atoms with Crippen LogP contribution in [-0.2, 0) is 0 Å². The van der Waals surface area contributed by atoms with Crippen molar-refractivity contribution < 1.29 is 4.42 Å². The summed E-state index contributed by atoms with van der Waals surface area (Å²) in [5, 5.41) is 7.43. The van der Waals surface area contributed by atoms with Crippen LogP contribution in [0.4, 0.5) is 0 Å². The van der Waals surface area contributed by atoms with E-state index in [-0.39, 0.29) is 0 Å². The zero-order valence-electron chi connectivity index (χ0n) is 4.61. The van der Waals surface area contributed by atoms with Gasteiger partial charge in [-0.15, -0.1) is 5.10 Å². The van der Waals surface area contributed by atoms with E-state index < -0.39 is 0 Å². The van der Waals surface area contributed by atoms with E-state index in [4.69, 9.17) is 4.42 Å². The standard InChI is InChI=1S/C6H4N2O/c1-2-5-6(9-3-1)4-7-8-5/h1-4H. The second-order valence-corrected chi connectivity index (χ2v) is 1.71. The van der Waals surface area contributed by atoms with Crippen LogP contribution in [0.5, 0.6) is 0 Å². The monoisotopic (exact) mass is 120 g/mol. The fourth-order valence-corrected chi connectivity index (χ4v) is 0.708. The van der Waals surface area contributed by atoms with Crippen LogP contribution in [0.2, 0.25) is 0 Å². The first-order chi connectivity index (χ1) is 4.47. The zero-order chi connectivity index (χ0) is 6.10. The van der Waals surface area contributed by atoms with Gasteiger partial charge in [0, 0.05) is 0 Å². The molecule has 0 amide bonds. The van der Waals surface area contributed by atoms with Crippen LogP contribution in [0, 0.1) is 0 Å². The Morgan fingerprint density at radius 3 is 3.33 bits per heavy atom. The predicted molar refractivity (Wildman–Crippen MR) is 30.9 cm³/mol. The molecule has 2 rings (SSSR count). The quantitative estimate of drug-likeness (QED) is 0.524. The molecule has 3 nitrogen and oxygen atoms in total. The summed E-state index contributed by atoms with van der Waals surface area (Å²) < 4.78 is 5.03. The fourth-order valence-electron chi connectivity index (χ4n) is 0.708. The van der Waals surface area contributed by atoms with Crippen LogP contribution in [0.25, 0.3) is 11.5 Å². The minimum absolute atomic E-state index is 0.734. The Kier molecular flexibility index (Phi) is 0.773. The normalized spacial score (nSPS) is 10.2. The van der Waals surface area contributed by atoms with Gasteiger partial charge >= 0.3 is 0 Å². The molecular formula is C6H4N2O. The minimum atomic E-state index is 0.734. The second kappa shape index (κ2) is 1.55. The van der Waals surface area contributed by atoms with Crippen molar-refractivity contribution in [1.29, 1.82) is 0 Å². The Morgan fingerprint density at radius 2 is 2.44 bits per heavy atom. The molecular weight excluding hydrogens is 116 g/mol. The summed E-state index contributed by atoms with van der Waals surface area (Å²) in [5.41, 5.74) is 0.803. The summed E-state index contributed by atoms with van der Waals surface area (Å²) in [6.07, 6.45) is 3.20. The molecule has 0 spiro atoms. The van der Waals surface area contributed by atoms with E-state index >= 15 is 0 Å². The van der Waals surface area contributed by atoms with Crippen molar-refractivity contribution in [2.24, 2.45) is 0 Å². The van der Waals surface area contributed by atoms with Crippen molar-refractivity contribution in [1.82, 2.24) is 10.2 Å². The maximum absolute atomic E-state index is 5.03. The second-order valence-electron chi connectivity index (χ2n) is 1.71. The van der Waals surface area contributed by atoms with Gasteiger partial charge in [-0.2, -0.15) is 5.10 Å². The lowest BCUT2D eigenvalue weighted by molar-refractivity contribution is 0.565. The van der Waals surface area contributed by atoms with Gasteiger partial charge in [-0.1, -0.05) is 0 Å². The van der Waals surface area contributed by atoms with E-state index in [0.29, 0.717) is 0 Å². The molecule has 0 aromatic rings. The molecule has 0 radical (unpaired) electrons. The highest BCUT2D eigenvalue weighted by Gasteiger charge is 2.02. The largest absolute Gasteiger partial charge is 0.461 e. The van der Waals surface area contributed by atoms with Gasteiger partial charge in [-0.05, 0) is 12.1 Å². The highest BCUT2D eigenvalue weighted by atomic mass is 16.3. The highest BCUT2D eigenvalue weighted by Crippen LogP contribution is 2.15. The summed E-state index contributed by atoms with van der Waals surface area (Å²) in [4.78, 5) is 0. The Labute approximate surface area is 51.7 Å². The molecule has 0 N–H and O–H groups in total. The molecule has 0 aliphatic carbocycles. The average Bonchev–Trinajstić information content (AvgIpc) is 2.33. The molecule has 44 valence electrons. The van der Waals surface area contributed by atoms with Gasteiger partial charge in [0.15, 0.2) is 5.76 Å². The Morgan fingerprint density at radius 1 is 1.44 bits per heavy atom. The maximum atomic E-state index is 5.03. The average molecular weight is 120 g/mol. The molecule has 0 atom stereocenters. The molecule has 3 heteroatoms. The predicted octanol–water partition coefficient (Wildman–Crippen LogP) is 1.17. The first-order valence-electron chi connectivity index (χ1n) is 2.62. The topological polar surface area (TPSA) is 38.9 Å². The Bertz CT molecular complexity index is 251. The summed E-state index contributed by atoms with van der Waals surface area (Å²) in [6, 6.07) is 3.64. The van der Waals surface area contributed by atoms with Gasteiger partial charge in [0.25, 0.3) is 0 Å². The third-order valence-electron chi connectivity index (χ3n) is 1.12. The van der Waals surface area contributed by atoms with Crippen molar-refractivity contribution in [2.45, 2.75) is 0 Å². The summed E-state index contributed by atoms with van der Waals surface area (Å²) in [6.45, 7) is 0. The van der Waals surface area contributed by atoms with E-state index in [1.165, 1.54) is 0 Å². The fraction of sp³-hybridized carbons (Fsp3) is 0. The van der Waals surface area contributed by atoms with Crippen molar-refractivity contribution in [3.8, 4) is 11.5 Å². The van der Waals surface area contributed by atoms with Crippen molar-refractivity contribution in [2.75, 3.05) is 0 Å². The minimum Gasteiger partial charge on any atom is -0.461 e. The van der Waals surface area contributed by atoms with E-state index in [9.17, 15) is 0 Å². The van der Waals surface area contributed by atoms with Gasteiger partial charge in [-0.3, -0.25) is 0 Å². The SMILES string of the molecule is c1coc2cnnc-2c1. The number of hydrogen-bond donors (Lipinski definition) is 0. The molecule has 2 aliphatic heterocycles. The van der Waals surface area contributed by atoms with Gasteiger partial charge in [0.2, 0.25) is 0 Å². The highest BCUT2D eigenvalue weighted by molar-refractivity contribution is 5.50. The number of nitrogens with zero attached hydrogens (tertiary/aromatic N) is 2. The van der Waals surface area contributed by atoms with E-state index in [2.05, 4.69) is 10.2 Å². The number of hydrogen-bond acceptors (Lipinski definition) is 3. The van der Waals surface area contributed by atoms with E-state index in [1.54, 1.807) is 18.5 Å². The molecule has 2 heterocycles. The molecule has 9 heavy (non-hydrogen) atoms. The molecule has 0 unspecified atom stereocenters. The van der Waals surface area contributed by atoms with E-state index in [1.807, 2.05) is 6.07 Å². The van der Waals surface area contributed by atoms with Crippen LogP contribution in [-0.4, -0.2) is 10.2 Å². The van der Waals surface area contributed by atoms with Gasteiger partial charge in [0.05, 0.1) is 12.5 Å². The molecule has 0 saturated carbocycles. The number of rotatable bonds is 0. The molecule has 0 fully saturated rings. The molecule has 0 aromatic heterocycles. The van der Waals surface area contributed by atoms with Crippen LogP contribution < -0.4 is 0 Å². The summed E-state index contributed by atoms with van der Waals surface area (Å²) >= 11 is 0. The third kappa shape index (κ3) is 0.579. The van der Waals surface area contributed by atoms with Crippen LogP contribution in [0.15, 0.2) is 29.0 Å². The number of fused-ring (bicyclic) bond motifs is 1. The van der Waals surface area contributed by atoms with Crippen LogP contribution in [0.3, 0.4) is 0 Å². The Balaban J connectivity index is 2.79. The van der Waals surface area contributed by atoms with Crippen molar-refractivity contribution >= 4 is 0 Å². The van der Waals surface area contributed by atoms with Crippen molar-refractivity contribution in [3.05, 3.63) is 24.6 Å². The lowest BCUT2D eigenvalue weighted by Gasteiger charge is -1.88. The molecule has 0 aromatic carbocycles. The van der Waals surface area contributed by atoms with E-state index in [0.717, 1.165) is 11.5 Å². The smallest absolute Gasteiger partial charge is 0.174 e. The molecule has 2 aliphatic rings. The van der Waals surface area contributed by atoms with Crippen LogP contribution in [0.1, 0.15) is 0 Å². The first-order valence-corrected chi connectivity index (χ1v) is 2.62. The van der Waals surface area contributed by atoms with Crippen molar-refractivity contribution in [3.63, 3.8) is 0 Å². The first kappa shape index (κ1) is 4.49. The van der Waals surface area contributed by atoms with Gasteiger partial charge in [0.1, 0.15) is 5.69 Å². The van der Waals surface area contributed by atoms with Crippen LogP contribution >= 0.6 is 0 Å². The molecule has 0 bridgehead atoms. The van der Waals surface area contributed by atoms with Gasteiger partial charge in [-0.25, -0.2) is 0 Å².